The molecule has 0 amide bonds. The summed E-state index contributed by atoms with van der Waals surface area (Å²) < 4.78 is 27.1. The van der Waals surface area contributed by atoms with Gasteiger partial charge >= 0.3 is 0 Å². The summed E-state index contributed by atoms with van der Waals surface area (Å²) >= 11 is 1.69. The van der Waals surface area contributed by atoms with Crippen LogP contribution < -0.4 is 4.90 Å². The molecule has 0 N–H and O–H groups in total. The Morgan fingerprint density at radius 3 is 2.08 bits per heavy atom. The second-order valence-electron chi connectivity index (χ2n) is 8.62. The predicted molar refractivity (Wildman–Crippen MR) is 152 cm³/mol. The molecule has 0 saturated carbocycles. The van der Waals surface area contributed by atoms with Crippen molar-refractivity contribution in [2.75, 3.05) is 11.9 Å². The summed E-state index contributed by atoms with van der Waals surface area (Å²) in [5, 5.41) is 0.996. The fourth-order valence-electron chi connectivity index (χ4n) is 4.07. The fourth-order valence-corrected chi connectivity index (χ4v) is 5.97. The molecular weight excluding hydrogens is 498 g/mol. The van der Waals surface area contributed by atoms with Gasteiger partial charge in [-0.2, -0.15) is 0 Å². The molecule has 1 heterocycles. The Bertz CT molecular complexity index is 1620. The first-order valence-corrected chi connectivity index (χ1v) is 14.0. The first kappa shape index (κ1) is 24.6. The minimum absolute atomic E-state index is 0.173. The molecule has 0 radical (unpaired) electrons. The summed E-state index contributed by atoms with van der Waals surface area (Å²) in [7, 11) is -2.33. The quantitative estimate of drug-likeness (QED) is 0.175. The zero-order chi connectivity index (χ0) is 25.8. The molecular formula is C30H25N3O2S2. The predicted octanol–water partition coefficient (Wildman–Crippen LogP) is 6.38. The van der Waals surface area contributed by atoms with Crippen LogP contribution in [-0.4, -0.2) is 24.8 Å². The zero-order valence-corrected chi connectivity index (χ0v) is 21.9. The molecule has 5 rings (SSSR count). The van der Waals surface area contributed by atoms with Gasteiger partial charge in [-0.05, 0) is 59.7 Å². The number of nitrogens with zero attached hydrogens (tertiary/aromatic N) is 3. The normalized spacial score (nSPS) is 11.2. The summed E-state index contributed by atoms with van der Waals surface area (Å²) in [5.74, 6) is 0. The molecule has 0 spiro atoms. The van der Waals surface area contributed by atoms with E-state index in [2.05, 4.69) is 53.4 Å². The first-order chi connectivity index (χ1) is 17.9. The molecule has 0 aliphatic rings. The van der Waals surface area contributed by atoms with Crippen LogP contribution in [0, 0.1) is 12.5 Å². The third kappa shape index (κ3) is 5.36. The second kappa shape index (κ2) is 10.5. The number of rotatable bonds is 8. The number of hydrogen-bond donors (Lipinski definition) is 0. The summed E-state index contributed by atoms with van der Waals surface area (Å²) in [6.45, 7) is 1.32. The molecule has 0 fully saturated rings. The Balaban J connectivity index is 1.42. The van der Waals surface area contributed by atoms with E-state index in [1.807, 2.05) is 48.5 Å². The highest BCUT2D eigenvalue weighted by Crippen LogP contribution is 2.32. The number of thiazole rings is 1. The van der Waals surface area contributed by atoms with Gasteiger partial charge < -0.3 is 4.90 Å². The van der Waals surface area contributed by atoms with Crippen molar-refractivity contribution in [2.45, 2.75) is 18.0 Å². The Labute approximate surface area is 221 Å². The van der Waals surface area contributed by atoms with Gasteiger partial charge in [0.25, 0.3) is 10.0 Å². The van der Waals surface area contributed by atoms with Gasteiger partial charge in [-0.25, -0.2) is 17.7 Å². The summed E-state index contributed by atoms with van der Waals surface area (Å²) in [5.41, 5.74) is 5.34. The van der Waals surface area contributed by atoms with Crippen molar-refractivity contribution in [1.82, 2.24) is 9.29 Å². The number of sulfonamides is 1. The van der Waals surface area contributed by atoms with Crippen LogP contribution in [0.4, 0.5) is 5.69 Å². The van der Waals surface area contributed by atoms with E-state index >= 15 is 0 Å². The van der Waals surface area contributed by atoms with E-state index in [1.54, 1.807) is 23.5 Å². The number of aromatic nitrogens is 1. The van der Waals surface area contributed by atoms with Crippen LogP contribution in [0.2, 0.25) is 0 Å². The van der Waals surface area contributed by atoms with E-state index in [0.29, 0.717) is 13.1 Å². The molecule has 0 bridgehead atoms. The van der Waals surface area contributed by atoms with Crippen molar-refractivity contribution >= 4 is 37.3 Å². The van der Waals surface area contributed by atoms with Crippen molar-refractivity contribution < 1.29 is 8.42 Å². The molecule has 0 aliphatic heterocycles. The largest absolute Gasteiger partial charge is 0.363 e. The number of anilines is 1. The monoisotopic (exact) mass is 523 g/mol. The maximum Gasteiger partial charge on any atom is 0.270 e. The van der Waals surface area contributed by atoms with Crippen molar-refractivity contribution in [3.8, 4) is 23.0 Å². The highest BCUT2D eigenvalue weighted by Gasteiger charge is 2.18. The van der Waals surface area contributed by atoms with Crippen LogP contribution in [0.5, 0.6) is 0 Å². The molecule has 7 heteroatoms. The smallest absolute Gasteiger partial charge is 0.270 e. The molecule has 5 nitrogen and oxygen atoms in total. The van der Waals surface area contributed by atoms with E-state index in [4.69, 9.17) is 11.4 Å². The number of fused-ring (bicyclic) bond motifs is 1. The van der Waals surface area contributed by atoms with Crippen molar-refractivity contribution in [2.24, 2.45) is 0 Å². The lowest BCUT2D eigenvalue weighted by Gasteiger charge is -2.25. The van der Waals surface area contributed by atoms with Crippen LogP contribution in [0.15, 0.2) is 108 Å². The van der Waals surface area contributed by atoms with Gasteiger partial charge in [-0.3, -0.25) is 0 Å². The maximum atomic E-state index is 12.5. The fraction of sp³-hybridized carbons (Fsp3) is 0.100. The summed E-state index contributed by atoms with van der Waals surface area (Å²) in [6, 6.07) is 35.9. The molecule has 0 unspecified atom stereocenters. The Morgan fingerprint density at radius 2 is 1.43 bits per heavy atom. The molecule has 184 valence electrons. The third-order valence-corrected chi connectivity index (χ3v) is 8.91. The molecule has 4 aromatic carbocycles. The lowest BCUT2D eigenvalue weighted by molar-refractivity contribution is 0.547. The first-order valence-electron chi connectivity index (χ1n) is 11.7. The number of para-hydroxylation sites is 1. The Hall–Kier alpha value is -4.12. The van der Waals surface area contributed by atoms with Gasteiger partial charge in [0.15, 0.2) is 0 Å². The molecule has 37 heavy (non-hydrogen) atoms. The van der Waals surface area contributed by atoms with Crippen LogP contribution in [-0.2, 0) is 23.1 Å². The summed E-state index contributed by atoms with van der Waals surface area (Å²) in [6.07, 6.45) is 5.28. The number of hydrogen-bond acceptors (Lipinski definition) is 5. The van der Waals surface area contributed by atoms with E-state index in [9.17, 15) is 8.42 Å². The topological polar surface area (TPSA) is 53.5 Å². The van der Waals surface area contributed by atoms with Crippen LogP contribution in [0.3, 0.4) is 0 Å². The molecule has 0 aliphatic carbocycles. The minimum atomic E-state index is -3.70. The van der Waals surface area contributed by atoms with Gasteiger partial charge in [0, 0.05) is 37.4 Å². The average molecular weight is 524 g/mol. The van der Waals surface area contributed by atoms with Crippen LogP contribution in [0.25, 0.3) is 20.8 Å². The molecule has 0 saturated heterocycles. The maximum absolute atomic E-state index is 12.5. The highest BCUT2D eigenvalue weighted by molar-refractivity contribution is 7.89. The van der Waals surface area contributed by atoms with Crippen molar-refractivity contribution in [1.29, 1.82) is 0 Å². The van der Waals surface area contributed by atoms with E-state index in [-0.39, 0.29) is 4.90 Å². The summed E-state index contributed by atoms with van der Waals surface area (Å²) in [4.78, 5) is 7.22. The highest BCUT2D eigenvalue weighted by atomic mass is 32.2. The van der Waals surface area contributed by atoms with E-state index in [1.165, 1.54) is 17.3 Å². The Morgan fingerprint density at radius 1 is 0.811 bits per heavy atom. The van der Waals surface area contributed by atoms with Gasteiger partial charge in [-0.15, -0.1) is 11.3 Å². The second-order valence-corrected chi connectivity index (χ2v) is 11.6. The van der Waals surface area contributed by atoms with Crippen LogP contribution >= 0.6 is 11.3 Å². The van der Waals surface area contributed by atoms with Crippen molar-refractivity contribution in [3.05, 3.63) is 114 Å². The van der Waals surface area contributed by atoms with Gasteiger partial charge in [0.05, 0.1) is 15.1 Å². The Kier molecular flexibility index (Phi) is 6.95. The molecule has 5 aromatic rings. The lowest BCUT2D eigenvalue weighted by atomic mass is 10.1. The average Bonchev–Trinajstić information content (AvgIpc) is 3.38. The number of terminal acetylenes is 1. The lowest BCUT2D eigenvalue weighted by Crippen LogP contribution is -2.23. The van der Waals surface area contributed by atoms with Crippen LogP contribution in [0.1, 0.15) is 11.1 Å². The van der Waals surface area contributed by atoms with Gasteiger partial charge in [0.1, 0.15) is 5.01 Å². The molecule has 1 aromatic heterocycles. The standard InChI is InChI=1S/C30H25N3O2S2/c1-3-32(2)37(34,35)27-19-13-24(14-20-27)22-33(21-23-9-5-4-6-10-23)26-17-15-25(16-18-26)30-31-28-11-7-8-12-29(28)36-30/h1,4-20H,21-22H2,2H3. The van der Waals surface area contributed by atoms with E-state index < -0.39 is 10.0 Å². The SMILES string of the molecule is C#CN(C)S(=O)(=O)c1ccc(CN(Cc2ccccc2)c2ccc(-c3nc4ccccc4s3)cc2)cc1. The van der Waals surface area contributed by atoms with E-state index in [0.717, 1.165) is 31.6 Å². The van der Waals surface area contributed by atoms with Gasteiger partial charge in [0.2, 0.25) is 0 Å². The minimum Gasteiger partial charge on any atom is -0.363 e. The van der Waals surface area contributed by atoms with Crippen molar-refractivity contribution in [3.63, 3.8) is 0 Å². The van der Waals surface area contributed by atoms with Gasteiger partial charge in [-0.1, -0.05) is 61.0 Å². The molecule has 0 atom stereocenters. The third-order valence-electron chi connectivity index (χ3n) is 6.13. The number of benzene rings is 4. The zero-order valence-electron chi connectivity index (χ0n) is 20.3.